The number of hydrogen-bond donors (Lipinski definition) is 0. The van der Waals surface area contributed by atoms with Crippen LogP contribution in [0.4, 0.5) is 18.9 Å². The molecule has 0 saturated heterocycles. The van der Waals surface area contributed by atoms with Crippen molar-refractivity contribution in [2.24, 2.45) is 7.05 Å². The zero-order valence-corrected chi connectivity index (χ0v) is 13.7. The molecule has 8 heteroatoms. The summed E-state index contributed by atoms with van der Waals surface area (Å²) < 4.78 is 39.9. The van der Waals surface area contributed by atoms with Crippen LogP contribution in [0.3, 0.4) is 0 Å². The number of rotatable bonds is 5. The van der Waals surface area contributed by atoms with Crippen molar-refractivity contribution in [2.45, 2.75) is 12.7 Å². The Morgan fingerprint density at radius 2 is 1.79 bits per heavy atom. The van der Waals surface area contributed by atoms with E-state index < -0.39 is 18.6 Å². The van der Waals surface area contributed by atoms with Crippen molar-refractivity contribution in [2.75, 3.05) is 25.5 Å². The summed E-state index contributed by atoms with van der Waals surface area (Å²) in [6.07, 6.45) is -2.96. The highest BCUT2D eigenvalue weighted by molar-refractivity contribution is 5.92. The maximum atomic E-state index is 12.8. The van der Waals surface area contributed by atoms with Crippen LogP contribution in [0.15, 0.2) is 36.5 Å². The fourth-order valence-corrected chi connectivity index (χ4v) is 2.23. The molecule has 0 saturated carbocycles. The van der Waals surface area contributed by atoms with Crippen molar-refractivity contribution in [3.05, 3.63) is 47.8 Å². The average molecular weight is 340 g/mol. The quantitative estimate of drug-likeness (QED) is 0.840. The molecule has 0 spiro atoms. The van der Waals surface area contributed by atoms with Gasteiger partial charge >= 0.3 is 6.18 Å². The summed E-state index contributed by atoms with van der Waals surface area (Å²) in [5, 5.41) is 3.89. The summed E-state index contributed by atoms with van der Waals surface area (Å²) >= 11 is 0. The highest BCUT2D eigenvalue weighted by atomic mass is 19.4. The molecule has 0 atom stereocenters. The van der Waals surface area contributed by atoms with Crippen LogP contribution in [0.25, 0.3) is 0 Å². The minimum atomic E-state index is -4.48. The third kappa shape index (κ3) is 4.74. The number of aryl methyl sites for hydroxylation is 1. The van der Waals surface area contributed by atoms with Gasteiger partial charge < -0.3 is 9.80 Å². The summed E-state index contributed by atoms with van der Waals surface area (Å²) in [6, 6.07) is 8.42. The van der Waals surface area contributed by atoms with Crippen molar-refractivity contribution in [1.82, 2.24) is 14.7 Å². The second kappa shape index (κ2) is 6.94. The normalized spacial score (nSPS) is 11.4. The fourth-order valence-electron chi connectivity index (χ4n) is 2.23. The van der Waals surface area contributed by atoms with E-state index in [1.54, 1.807) is 31.3 Å². The Morgan fingerprint density at radius 1 is 1.17 bits per heavy atom. The number of hydrogen-bond acceptors (Lipinski definition) is 3. The first kappa shape index (κ1) is 17.8. The van der Waals surface area contributed by atoms with E-state index in [0.29, 0.717) is 5.56 Å². The van der Waals surface area contributed by atoms with Crippen LogP contribution in [0.5, 0.6) is 0 Å². The van der Waals surface area contributed by atoms with E-state index >= 15 is 0 Å². The molecule has 0 unspecified atom stereocenters. The molecule has 0 bridgehead atoms. The molecule has 130 valence electrons. The van der Waals surface area contributed by atoms with Gasteiger partial charge in [0.15, 0.2) is 0 Å². The van der Waals surface area contributed by atoms with Crippen LogP contribution in [0, 0.1) is 0 Å². The minimum Gasteiger partial charge on any atom is -0.378 e. The van der Waals surface area contributed by atoms with E-state index in [1.165, 1.54) is 16.9 Å². The first-order valence-corrected chi connectivity index (χ1v) is 7.27. The molecule has 2 rings (SSSR count). The molecule has 1 heterocycles. The van der Waals surface area contributed by atoms with Gasteiger partial charge in [0.1, 0.15) is 12.2 Å². The van der Waals surface area contributed by atoms with Gasteiger partial charge in [0.05, 0.1) is 0 Å². The maximum absolute atomic E-state index is 12.8. The first-order chi connectivity index (χ1) is 11.2. The van der Waals surface area contributed by atoms with E-state index in [4.69, 9.17) is 0 Å². The molecule has 0 aliphatic rings. The molecular formula is C16H19F3N4O. The summed E-state index contributed by atoms with van der Waals surface area (Å²) in [4.78, 5) is 15.0. The summed E-state index contributed by atoms with van der Waals surface area (Å²) in [5.74, 6) is -0.746. The Labute approximate surface area is 138 Å². The molecule has 24 heavy (non-hydrogen) atoms. The number of aromatic nitrogens is 2. The first-order valence-electron chi connectivity index (χ1n) is 7.27. The molecule has 2 aromatic rings. The number of anilines is 1. The molecule has 5 nitrogen and oxygen atoms in total. The van der Waals surface area contributed by atoms with Gasteiger partial charge in [-0.1, -0.05) is 12.1 Å². The summed E-state index contributed by atoms with van der Waals surface area (Å²) in [6.45, 7) is -1.46. The molecule has 1 amide bonds. The third-order valence-electron chi connectivity index (χ3n) is 3.42. The van der Waals surface area contributed by atoms with Crippen LogP contribution in [-0.4, -0.2) is 47.4 Å². The van der Waals surface area contributed by atoms with Gasteiger partial charge in [-0.3, -0.25) is 9.48 Å². The predicted octanol–water partition coefficient (Wildman–Crippen LogP) is 2.69. The second-order valence-corrected chi connectivity index (χ2v) is 5.71. The number of nitrogens with zero attached hydrogens (tertiary/aromatic N) is 4. The van der Waals surface area contributed by atoms with Crippen molar-refractivity contribution in [3.63, 3.8) is 0 Å². The smallest absolute Gasteiger partial charge is 0.378 e. The van der Waals surface area contributed by atoms with Crippen LogP contribution < -0.4 is 4.90 Å². The van der Waals surface area contributed by atoms with Gasteiger partial charge in [-0.15, -0.1) is 0 Å². The van der Waals surface area contributed by atoms with Gasteiger partial charge in [0.2, 0.25) is 0 Å². The lowest BCUT2D eigenvalue weighted by Gasteiger charge is -2.23. The molecule has 0 aliphatic carbocycles. The van der Waals surface area contributed by atoms with Gasteiger partial charge in [-0.05, 0) is 23.8 Å². The Hall–Kier alpha value is -2.51. The average Bonchev–Trinajstić information content (AvgIpc) is 2.91. The monoisotopic (exact) mass is 340 g/mol. The molecular weight excluding hydrogens is 321 g/mol. The van der Waals surface area contributed by atoms with Gasteiger partial charge in [-0.2, -0.15) is 18.3 Å². The second-order valence-electron chi connectivity index (χ2n) is 5.71. The van der Waals surface area contributed by atoms with Crippen molar-refractivity contribution >= 4 is 11.6 Å². The SMILES string of the molecule is CN(C)c1ccc(CN(CC(F)(F)F)C(=O)c2ccn(C)n2)cc1. The number of benzene rings is 1. The largest absolute Gasteiger partial charge is 0.406 e. The van der Waals surface area contributed by atoms with Gasteiger partial charge in [0, 0.05) is 39.6 Å². The van der Waals surface area contributed by atoms with Gasteiger partial charge in [0.25, 0.3) is 5.91 Å². The van der Waals surface area contributed by atoms with Crippen LogP contribution in [0.1, 0.15) is 16.1 Å². The number of carbonyl (C=O) groups is 1. The number of amides is 1. The predicted molar refractivity (Wildman–Crippen MR) is 84.8 cm³/mol. The number of alkyl halides is 3. The Morgan fingerprint density at radius 3 is 2.25 bits per heavy atom. The molecule has 1 aromatic heterocycles. The fraction of sp³-hybridized carbons (Fsp3) is 0.375. The van der Waals surface area contributed by atoms with Crippen LogP contribution in [-0.2, 0) is 13.6 Å². The molecule has 0 fully saturated rings. The zero-order chi connectivity index (χ0) is 17.9. The lowest BCUT2D eigenvalue weighted by Crippen LogP contribution is -2.38. The molecule has 0 aliphatic heterocycles. The van der Waals surface area contributed by atoms with Crippen molar-refractivity contribution in [1.29, 1.82) is 0 Å². The minimum absolute atomic E-state index is 0.00772. The van der Waals surface area contributed by atoms with Crippen molar-refractivity contribution < 1.29 is 18.0 Å². The van der Waals surface area contributed by atoms with E-state index in [0.717, 1.165) is 10.6 Å². The van der Waals surface area contributed by atoms with Crippen LogP contribution >= 0.6 is 0 Å². The number of carbonyl (C=O) groups excluding carboxylic acids is 1. The molecule has 0 N–H and O–H groups in total. The third-order valence-corrected chi connectivity index (χ3v) is 3.42. The van der Waals surface area contributed by atoms with E-state index in [9.17, 15) is 18.0 Å². The van der Waals surface area contributed by atoms with Crippen LogP contribution in [0.2, 0.25) is 0 Å². The van der Waals surface area contributed by atoms with E-state index in [1.807, 2.05) is 19.0 Å². The summed E-state index contributed by atoms with van der Waals surface area (Å²) in [5.41, 5.74) is 1.54. The zero-order valence-electron chi connectivity index (χ0n) is 13.7. The maximum Gasteiger partial charge on any atom is 0.406 e. The highest BCUT2D eigenvalue weighted by Crippen LogP contribution is 2.21. The lowest BCUT2D eigenvalue weighted by molar-refractivity contribution is -0.141. The lowest BCUT2D eigenvalue weighted by atomic mass is 10.1. The summed E-state index contributed by atoms with van der Waals surface area (Å²) in [7, 11) is 5.34. The van der Waals surface area contributed by atoms with Crippen molar-refractivity contribution in [3.8, 4) is 0 Å². The standard InChI is InChI=1S/C16H19F3N4O/c1-21(2)13-6-4-12(5-7-13)10-23(11-16(17,18)19)15(24)14-8-9-22(3)20-14/h4-9H,10-11H2,1-3H3. The van der Waals surface area contributed by atoms with Gasteiger partial charge in [-0.25, -0.2) is 0 Å². The Bertz CT molecular complexity index is 692. The Balaban J connectivity index is 2.21. The molecule has 0 radical (unpaired) electrons. The Kier molecular flexibility index (Phi) is 5.16. The van der Waals surface area contributed by atoms with E-state index in [-0.39, 0.29) is 12.2 Å². The topological polar surface area (TPSA) is 41.4 Å². The number of halogens is 3. The van der Waals surface area contributed by atoms with E-state index in [2.05, 4.69) is 5.10 Å². The molecule has 1 aromatic carbocycles. The highest BCUT2D eigenvalue weighted by Gasteiger charge is 2.34.